The minimum absolute atomic E-state index is 0.586. The average molecular weight is 306 g/mol. The van der Waals surface area contributed by atoms with Gasteiger partial charge in [-0.1, -0.05) is 77.6 Å². The minimum Gasteiger partial charge on any atom is -0.480 e. The molecular weight excluding hydrogens is 274 g/mol. The molecule has 0 aromatic rings. The highest BCUT2D eigenvalue weighted by molar-refractivity contribution is 6.15. The maximum atomic E-state index is 11.0. The number of carboxylic acid groups (broad SMARTS) is 1. The van der Waals surface area contributed by atoms with Gasteiger partial charge >= 0.3 is 5.97 Å². The summed E-state index contributed by atoms with van der Waals surface area (Å²) in [5.74, 6) is -0.875. The van der Waals surface area contributed by atoms with Crippen LogP contribution in [0.1, 0.15) is 90.9 Å². The number of hydrogen-bond donors (Lipinski definition) is 2. The number of carbonyl (C=O) groups is 1. The fourth-order valence-corrected chi connectivity index (χ4v) is 2.51. The summed E-state index contributed by atoms with van der Waals surface area (Å²) in [5, 5.41) is 9.05. The van der Waals surface area contributed by atoms with Gasteiger partial charge in [-0.15, -0.1) is 0 Å². The molecule has 4 heteroatoms. The van der Waals surface area contributed by atoms with Crippen molar-refractivity contribution in [2.24, 2.45) is 0 Å². The predicted molar refractivity (Wildman–Crippen MR) is 86.1 cm³/mol. The number of hydrogen-bond acceptors (Lipinski definition) is 2. The van der Waals surface area contributed by atoms with Crippen LogP contribution in [0, 0.1) is 0 Å². The first-order chi connectivity index (χ1) is 9.56. The second-order valence-electron chi connectivity index (χ2n) is 6.02. The molecule has 0 aromatic carbocycles. The standard InChI is InChI=1S/C16H32ClNO2/c1-3-4-5-6-7-8-9-10-11-12-13-14-16(2,18-17)15(19)20/h18H,3-14H2,1-2H3,(H,19,20). The molecule has 2 N–H and O–H groups in total. The van der Waals surface area contributed by atoms with E-state index in [9.17, 15) is 4.79 Å². The monoisotopic (exact) mass is 305 g/mol. The smallest absolute Gasteiger partial charge is 0.324 e. The lowest BCUT2D eigenvalue weighted by Gasteiger charge is -2.22. The maximum absolute atomic E-state index is 11.0. The van der Waals surface area contributed by atoms with E-state index in [0.717, 1.165) is 12.8 Å². The van der Waals surface area contributed by atoms with Crippen molar-refractivity contribution in [1.29, 1.82) is 0 Å². The van der Waals surface area contributed by atoms with Gasteiger partial charge in [-0.25, -0.2) is 4.84 Å². The Kier molecular flexibility index (Phi) is 12.3. The van der Waals surface area contributed by atoms with Gasteiger partial charge in [-0.05, 0) is 25.1 Å². The van der Waals surface area contributed by atoms with E-state index >= 15 is 0 Å². The Balaban J connectivity index is 3.34. The summed E-state index contributed by atoms with van der Waals surface area (Å²) in [6.45, 7) is 3.88. The van der Waals surface area contributed by atoms with Gasteiger partial charge < -0.3 is 5.11 Å². The van der Waals surface area contributed by atoms with E-state index in [2.05, 4.69) is 11.8 Å². The molecule has 0 bridgehead atoms. The molecule has 0 fully saturated rings. The molecule has 0 saturated carbocycles. The van der Waals surface area contributed by atoms with E-state index in [1.165, 1.54) is 57.8 Å². The number of aliphatic carboxylic acids is 1. The van der Waals surface area contributed by atoms with Crippen molar-refractivity contribution in [1.82, 2.24) is 4.84 Å². The van der Waals surface area contributed by atoms with Crippen LogP contribution in [0.4, 0.5) is 0 Å². The lowest BCUT2D eigenvalue weighted by Crippen LogP contribution is -2.44. The highest BCUT2D eigenvalue weighted by Gasteiger charge is 2.31. The first kappa shape index (κ1) is 19.7. The lowest BCUT2D eigenvalue weighted by atomic mass is 9.95. The molecule has 20 heavy (non-hydrogen) atoms. The van der Waals surface area contributed by atoms with Gasteiger partial charge in [0, 0.05) is 0 Å². The molecule has 1 atom stereocenters. The van der Waals surface area contributed by atoms with Gasteiger partial charge in [0.2, 0.25) is 0 Å². The Morgan fingerprint density at radius 3 is 1.70 bits per heavy atom. The van der Waals surface area contributed by atoms with Crippen molar-refractivity contribution in [2.75, 3.05) is 0 Å². The van der Waals surface area contributed by atoms with Crippen molar-refractivity contribution in [3.8, 4) is 0 Å². The van der Waals surface area contributed by atoms with Crippen LogP contribution in [-0.2, 0) is 4.79 Å². The third kappa shape index (κ3) is 9.60. The van der Waals surface area contributed by atoms with Gasteiger partial charge in [-0.2, -0.15) is 0 Å². The van der Waals surface area contributed by atoms with Crippen LogP contribution < -0.4 is 4.84 Å². The number of unbranched alkanes of at least 4 members (excludes halogenated alkanes) is 10. The van der Waals surface area contributed by atoms with Gasteiger partial charge in [-0.3, -0.25) is 4.79 Å². The first-order valence-corrected chi connectivity index (χ1v) is 8.56. The Hall–Kier alpha value is -0.280. The summed E-state index contributed by atoms with van der Waals surface area (Å²) in [5.41, 5.74) is -0.985. The molecule has 0 aromatic heterocycles. The SMILES string of the molecule is CCCCCCCCCCCCCC(C)(NCl)C(=O)O. The minimum atomic E-state index is -0.985. The normalized spacial score (nSPS) is 14.2. The second kappa shape index (κ2) is 12.5. The van der Waals surface area contributed by atoms with Crippen molar-refractivity contribution in [3.63, 3.8) is 0 Å². The zero-order chi connectivity index (χ0) is 15.3. The van der Waals surface area contributed by atoms with Crippen molar-refractivity contribution >= 4 is 17.7 Å². The fraction of sp³-hybridized carbons (Fsp3) is 0.938. The van der Waals surface area contributed by atoms with Gasteiger partial charge in [0.05, 0.1) is 0 Å². The fourth-order valence-electron chi connectivity index (χ4n) is 2.34. The number of rotatable bonds is 14. The van der Waals surface area contributed by atoms with E-state index in [1.807, 2.05) is 0 Å². The van der Waals surface area contributed by atoms with Crippen molar-refractivity contribution in [2.45, 2.75) is 96.4 Å². The van der Waals surface area contributed by atoms with E-state index in [4.69, 9.17) is 16.9 Å². The molecular formula is C16H32ClNO2. The first-order valence-electron chi connectivity index (χ1n) is 8.18. The van der Waals surface area contributed by atoms with Gasteiger partial charge in [0.15, 0.2) is 0 Å². The Labute approximate surface area is 129 Å². The second-order valence-corrected chi connectivity index (χ2v) is 6.21. The van der Waals surface area contributed by atoms with Crippen LogP contribution in [-0.4, -0.2) is 16.6 Å². The molecule has 0 amide bonds. The number of carboxylic acids is 1. The van der Waals surface area contributed by atoms with E-state index < -0.39 is 11.5 Å². The molecule has 0 aliphatic rings. The van der Waals surface area contributed by atoms with Crippen LogP contribution in [0.2, 0.25) is 0 Å². The molecule has 0 radical (unpaired) electrons. The summed E-state index contributed by atoms with van der Waals surface area (Å²) < 4.78 is 0. The molecule has 0 heterocycles. The van der Waals surface area contributed by atoms with E-state index in [0.29, 0.717) is 6.42 Å². The number of nitrogens with one attached hydrogen (secondary N) is 1. The summed E-state index contributed by atoms with van der Waals surface area (Å²) in [6.07, 6.45) is 14.5. The molecule has 3 nitrogen and oxygen atoms in total. The highest BCUT2D eigenvalue weighted by atomic mass is 35.5. The van der Waals surface area contributed by atoms with Crippen LogP contribution >= 0.6 is 11.8 Å². The maximum Gasteiger partial charge on any atom is 0.324 e. The summed E-state index contributed by atoms with van der Waals surface area (Å²) in [7, 11) is 0. The molecule has 120 valence electrons. The summed E-state index contributed by atoms with van der Waals surface area (Å²) in [4.78, 5) is 13.4. The predicted octanol–water partition coefficient (Wildman–Crippen LogP) is 5.27. The van der Waals surface area contributed by atoms with Crippen LogP contribution in [0.3, 0.4) is 0 Å². The largest absolute Gasteiger partial charge is 0.480 e. The van der Waals surface area contributed by atoms with Crippen molar-refractivity contribution in [3.05, 3.63) is 0 Å². The third-order valence-electron chi connectivity index (χ3n) is 3.96. The molecule has 0 aliphatic carbocycles. The third-order valence-corrected chi connectivity index (χ3v) is 4.38. The molecule has 0 saturated heterocycles. The Bertz CT molecular complexity index is 249. The van der Waals surface area contributed by atoms with Crippen LogP contribution in [0.15, 0.2) is 0 Å². The number of halogens is 1. The average Bonchev–Trinajstić information content (AvgIpc) is 2.44. The molecule has 0 spiro atoms. The van der Waals surface area contributed by atoms with Gasteiger partial charge in [0.25, 0.3) is 0 Å². The van der Waals surface area contributed by atoms with Crippen LogP contribution in [0.5, 0.6) is 0 Å². The van der Waals surface area contributed by atoms with Crippen molar-refractivity contribution < 1.29 is 9.90 Å². The molecule has 0 aliphatic heterocycles. The molecule has 0 rings (SSSR count). The quantitative estimate of drug-likeness (QED) is 0.339. The van der Waals surface area contributed by atoms with Crippen LogP contribution in [0.25, 0.3) is 0 Å². The summed E-state index contributed by atoms with van der Waals surface area (Å²) >= 11 is 5.51. The zero-order valence-corrected chi connectivity index (χ0v) is 14.0. The Morgan fingerprint density at radius 2 is 1.35 bits per heavy atom. The Morgan fingerprint density at radius 1 is 0.950 bits per heavy atom. The topological polar surface area (TPSA) is 49.3 Å². The lowest BCUT2D eigenvalue weighted by molar-refractivity contribution is -0.143. The highest BCUT2D eigenvalue weighted by Crippen LogP contribution is 2.17. The van der Waals surface area contributed by atoms with Gasteiger partial charge in [0.1, 0.15) is 5.54 Å². The summed E-state index contributed by atoms with van der Waals surface area (Å²) in [6, 6.07) is 0. The van der Waals surface area contributed by atoms with E-state index in [-0.39, 0.29) is 0 Å². The molecule has 1 unspecified atom stereocenters. The van der Waals surface area contributed by atoms with E-state index in [1.54, 1.807) is 6.92 Å². The zero-order valence-electron chi connectivity index (χ0n) is 13.2.